The van der Waals surface area contributed by atoms with Gasteiger partial charge < -0.3 is 10.4 Å². The van der Waals surface area contributed by atoms with Gasteiger partial charge in [-0.2, -0.15) is 13.2 Å². The Morgan fingerprint density at radius 3 is 2.10 bits per heavy atom. The Labute approximate surface area is 172 Å². The molecule has 3 rings (SSSR count). The lowest BCUT2D eigenvalue weighted by Gasteiger charge is -2.31. The van der Waals surface area contributed by atoms with E-state index in [-0.39, 0.29) is 22.6 Å². The first-order valence-electron chi connectivity index (χ1n) is 9.48. The summed E-state index contributed by atoms with van der Waals surface area (Å²) >= 11 is 0. The van der Waals surface area contributed by atoms with E-state index in [0.717, 1.165) is 0 Å². The molecule has 0 radical (unpaired) electrons. The summed E-state index contributed by atoms with van der Waals surface area (Å²) in [5.41, 5.74) is -2.23. The summed E-state index contributed by atoms with van der Waals surface area (Å²) in [7, 11) is -3.32. The van der Waals surface area contributed by atoms with Crippen LogP contribution in [0.3, 0.4) is 0 Å². The maximum absolute atomic E-state index is 13.4. The van der Waals surface area contributed by atoms with E-state index in [1.54, 1.807) is 19.1 Å². The van der Waals surface area contributed by atoms with E-state index >= 15 is 0 Å². The van der Waals surface area contributed by atoms with Crippen LogP contribution in [0.1, 0.15) is 30.9 Å². The summed E-state index contributed by atoms with van der Waals surface area (Å²) in [5, 5.41) is 12.9. The molecule has 1 aliphatic rings. The van der Waals surface area contributed by atoms with Gasteiger partial charge >= 0.3 is 6.18 Å². The molecule has 1 atom stereocenters. The number of hydrogen-bond acceptors (Lipinski definition) is 4. The van der Waals surface area contributed by atoms with Crippen LogP contribution in [-0.2, 0) is 26.7 Å². The third-order valence-electron chi connectivity index (χ3n) is 5.24. The second kappa shape index (κ2) is 8.03. The molecule has 2 aromatic carbocycles. The van der Waals surface area contributed by atoms with Crippen molar-refractivity contribution in [1.29, 1.82) is 0 Å². The average Bonchev–Trinajstić information content (AvgIpc) is 3.53. The van der Waals surface area contributed by atoms with E-state index in [0.29, 0.717) is 24.1 Å². The van der Waals surface area contributed by atoms with Gasteiger partial charge in [-0.05, 0) is 48.2 Å². The Kier molecular flexibility index (Phi) is 5.97. The molecule has 0 saturated heterocycles. The van der Waals surface area contributed by atoms with E-state index in [4.69, 9.17) is 0 Å². The fourth-order valence-electron chi connectivity index (χ4n) is 3.31. The second-order valence-corrected chi connectivity index (χ2v) is 9.67. The number of nitrogens with one attached hydrogen (secondary N) is 1. The fourth-order valence-corrected chi connectivity index (χ4v) is 4.20. The van der Waals surface area contributed by atoms with Crippen LogP contribution in [0, 0.1) is 5.92 Å². The number of carbonyl (C=O) groups excluding carboxylic acids is 1. The minimum Gasteiger partial charge on any atom is -0.376 e. The van der Waals surface area contributed by atoms with Gasteiger partial charge in [-0.15, -0.1) is 0 Å². The molecule has 2 aromatic rings. The Balaban J connectivity index is 1.66. The fraction of sp³-hybridized carbons (Fsp3) is 0.381. The van der Waals surface area contributed by atoms with Crippen molar-refractivity contribution in [3.8, 4) is 0 Å². The molecule has 1 aliphatic carbocycles. The predicted molar refractivity (Wildman–Crippen MR) is 106 cm³/mol. The molecular weight excluding hydrogens is 419 g/mol. The Bertz CT molecular complexity index is 1010. The summed E-state index contributed by atoms with van der Waals surface area (Å²) in [6.07, 6.45) is -4.18. The zero-order chi connectivity index (χ0) is 22.2. The second-order valence-electron chi connectivity index (χ2n) is 7.39. The third kappa shape index (κ3) is 4.52. The number of anilines is 1. The van der Waals surface area contributed by atoms with Crippen molar-refractivity contribution in [2.45, 2.75) is 42.9 Å². The normalized spacial score (nSPS) is 16.7. The number of benzene rings is 2. The average molecular weight is 441 g/mol. The molecule has 0 aliphatic heterocycles. The molecule has 0 aromatic heterocycles. The first kappa shape index (κ1) is 22.3. The van der Waals surface area contributed by atoms with Crippen LogP contribution in [0.4, 0.5) is 18.9 Å². The molecule has 5 nitrogen and oxygen atoms in total. The number of aliphatic hydroxyl groups is 1. The van der Waals surface area contributed by atoms with Gasteiger partial charge in [0.25, 0.3) is 0 Å². The predicted octanol–water partition coefficient (Wildman–Crippen LogP) is 3.82. The smallest absolute Gasteiger partial charge is 0.376 e. The van der Waals surface area contributed by atoms with Crippen LogP contribution in [0.2, 0.25) is 0 Å². The molecule has 2 N–H and O–H groups in total. The molecule has 1 fully saturated rings. The SMILES string of the molecule is CCS(=O)(=O)c1ccc(CC(=O)Nc2ccc(C(O)(C3CC3)C(F)(F)F)cc2)cc1. The van der Waals surface area contributed by atoms with Crippen molar-refractivity contribution in [2.24, 2.45) is 5.92 Å². The van der Waals surface area contributed by atoms with E-state index < -0.39 is 33.4 Å². The van der Waals surface area contributed by atoms with Crippen molar-refractivity contribution >= 4 is 21.4 Å². The highest BCUT2D eigenvalue weighted by Crippen LogP contribution is 2.54. The third-order valence-corrected chi connectivity index (χ3v) is 6.99. The van der Waals surface area contributed by atoms with E-state index in [2.05, 4.69) is 5.32 Å². The number of amides is 1. The maximum atomic E-state index is 13.4. The summed E-state index contributed by atoms with van der Waals surface area (Å²) in [4.78, 5) is 12.4. The number of carbonyl (C=O) groups is 1. The molecule has 0 heterocycles. The van der Waals surface area contributed by atoms with Crippen LogP contribution in [0.25, 0.3) is 0 Å². The molecule has 0 spiro atoms. The van der Waals surface area contributed by atoms with Crippen LogP contribution in [-0.4, -0.2) is 31.4 Å². The highest BCUT2D eigenvalue weighted by molar-refractivity contribution is 7.91. The number of hydrogen-bond donors (Lipinski definition) is 2. The molecule has 1 unspecified atom stereocenters. The molecule has 0 bridgehead atoms. The number of halogens is 3. The summed E-state index contributed by atoms with van der Waals surface area (Å²) in [6.45, 7) is 1.54. The summed E-state index contributed by atoms with van der Waals surface area (Å²) in [6, 6.07) is 11.0. The minimum atomic E-state index is -4.78. The monoisotopic (exact) mass is 441 g/mol. The number of alkyl halides is 3. The Morgan fingerprint density at radius 1 is 1.07 bits per heavy atom. The Morgan fingerprint density at radius 2 is 1.63 bits per heavy atom. The van der Waals surface area contributed by atoms with Crippen molar-refractivity contribution in [3.05, 3.63) is 59.7 Å². The van der Waals surface area contributed by atoms with Gasteiger partial charge in [0.15, 0.2) is 15.4 Å². The van der Waals surface area contributed by atoms with Crippen LogP contribution in [0.15, 0.2) is 53.4 Å². The van der Waals surface area contributed by atoms with Gasteiger partial charge in [0, 0.05) is 11.6 Å². The zero-order valence-corrected chi connectivity index (χ0v) is 17.1. The number of sulfone groups is 1. The molecular formula is C21H22F3NO4S. The molecule has 1 saturated carbocycles. The maximum Gasteiger partial charge on any atom is 0.421 e. The minimum absolute atomic E-state index is 0.0208. The Hall–Kier alpha value is -2.39. The van der Waals surface area contributed by atoms with E-state index in [1.165, 1.54) is 36.4 Å². The quantitative estimate of drug-likeness (QED) is 0.684. The van der Waals surface area contributed by atoms with Gasteiger partial charge in [-0.1, -0.05) is 31.2 Å². The van der Waals surface area contributed by atoms with Gasteiger partial charge in [0.2, 0.25) is 5.91 Å². The lowest BCUT2D eigenvalue weighted by atomic mass is 9.88. The topological polar surface area (TPSA) is 83.5 Å². The summed E-state index contributed by atoms with van der Waals surface area (Å²) in [5.74, 6) is -1.27. The standard InChI is InChI=1S/C21H22F3NO4S/c1-2-30(28,29)18-11-3-14(4-12-18)13-19(26)25-17-9-7-16(8-10-17)20(27,15-5-6-15)21(22,23)24/h3-4,7-12,15,27H,2,5-6,13H2,1H3,(H,25,26). The highest BCUT2D eigenvalue weighted by atomic mass is 32.2. The molecule has 9 heteroatoms. The first-order valence-corrected chi connectivity index (χ1v) is 11.1. The zero-order valence-electron chi connectivity index (χ0n) is 16.2. The molecule has 162 valence electrons. The largest absolute Gasteiger partial charge is 0.421 e. The van der Waals surface area contributed by atoms with Crippen LogP contribution in [0.5, 0.6) is 0 Å². The van der Waals surface area contributed by atoms with Gasteiger partial charge in [0.1, 0.15) is 0 Å². The molecule has 1 amide bonds. The van der Waals surface area contributed by atoms with Crippen molar-refractivity contribution < 1.29 is 31.5 Å². The molecule has 30 heavy (non-hydrogen) atoms. The van der Waals surface area contributed by atoms with E-state index in [9.17, 15) is 31.5 Å². The number of rotatable bonds is 7. The van der Waals surface area contributed by atoms with Gasteiger partial charge in [0.05, 0.1) is 17.1 Å². The van der Waals surface area contributed by atoms with Crippen molar-refractivity contribution in [1.82, 2.24) is 0 Å². The van der Waals surface area contributed by atoms with Crippen LogP contribution < -0.4 is 5.32 Å². The van der Waals surface area contributed by atoms with Crippen molar-refractivity contribution in [2.75, 3.05) is 11.1 Å². The van der Waals surface area contributed by atoms with Crippen molar-refractivity contribution in [3.63, 3.8) is 0 Å². The highest BCUT2D eigenvalue weighted by Gasteiger charge is 2.62. The van der Waals surface area contributed by atoms with Crippen LogP contribution >= 0.6 is 0 Å². The first-order chi connectivity index (χ1) is 14.0. The lowest BCUT2D eigenvalue weighted by Crippen LogP contribution is -2.44. The van der Waals surface area contributed by atoms with E-state index in [1.807, 2.05) is 0 Å². The van der Waals surface area contributed by atoms with Gasteiger partial charge in [-0.3, -0.25) is 4.79 Å². The summed E-state index contributed by atoms with van der Waals surface area (Å²) < 4.78 is 63.8. The van der Waals surface area contributed by atoms with Gasteiger partial charge in [-0.25, -0.2) is 8.42 Å². The lowest BCUT2D eigenvalue weighted by molar-refractivity contribution is -0.275.